The van der Waals surface area contributed by atoms with Crippen LogP contribution in [0.25, 0.3) is 0 Å². The summed E-state index contributed by atoms with van der Waals surface area (Å²) in [6, 6.07) is 7.51. The van der Waals surface area contributed by atoms with Crippen molar-refractivity contribution in [2.75, 3.05) is 40.5 Å². The van der Waals surface area contributed by atoms with Gasteiger partial charge in [-0.05, 0) is 37.0 Å². The minimum Gasteiger partial charge on any atom is -0.497 e. The van der Waals surface area contributed by atoms with Gasteiger partial charge < -0.3 is 19.7 Å². The molecule has 1 heterocycles. The number of carbonyl (C=O) groups excluding carboxylic acids is 2. The summed E-state index contributed by atoms with van der Waals surface area (Å²) in [7, 11) is 3.12. The van der Waals surface area contributed by atoms with Crippen LogP contribution in [0, 0.1) is 0 Å². The van der Waals surface area contributed by atoms with Crippen molar-refractivity contribution in [2.45, 2.75) is 31.4 Å². The van der Waals surface area contributed by atoms with Crippen LogP contribution < -0.4 is 10.1 Å². The fourth-order valence-corrected chi connectivity index (χ4v) is 3.04. The van der Waals surface area contributed by atoms with Crippen molar-refractivity contribution in [2.24, 2.45) is 0 Å². The Labute approximate surface area is 153 Å². The van der Waals surface area contributed by atoms with Gasteiger partial charge in [-0.1, -0.05) is 12.1 Å². The largest absolute Gasteiger partial charge is 0.497 e. The second-order valence-electron chi connectivity index (χ2n) is 6.48. The molecule has 1 aromatic carbocycles. The molecule has 26 heavy (non-hydrogen) atoms. The molecular weight excluding hydrogens is 339 g/mol. The molecule has 1 fully saturated rings. The number of hydrogen-bond acceptors (Lipinski definition) is 4. The van der Waals surface area contributed by atoms with Crippen LogP contribution in [0.4, 0.5) is 4.39 Å². The Balaban J connectivity index is 1.86. The number of hydrogen-bond donors (Lipinski definition) is 1. The highest BCUT2D eigenvalue weighted by Crippen LogP contribution is 2.26. The number of piperidine rings is 1. The zero-order valence-electron chi connectivity index (χ0n) is 15.4. The number of aryl methyl sites for hydroxylation is 1. The topological polar surface area (TPSA) is 67.9 Å². The second-order valence-corrected chi connectivity index (χ2v) is 6.48. The number of halogens is 1. The van der Waals surface area contributed by atoms with Crippen molar-refractivity contribution in [1.82, 2.24) is 10.2 Å². The summed E-state index contributed by atoms with van der Waals surface area (Å²) < 4.78 is 24.9. The van der Waals surface area contributed by atoms with Gasteiger partial charge in [-0.2, -0.15) is 0 Å². The van der Waals surface area contributed by atoms with E-state index < -0.39 is 11.6 Å². The van der Waals surface area contributed by atoms with E-state index in [-0.39, 0.29) is 31.8 Å². The molecular formula is C19H27FN2O4. The number of rotatable bonds is 8. The van der Waals surface area contributed by atoms with E-state index >= 15 is 0 Å². The van der Waals surface area contributed by atoms with Crippen LogP contribution in [-0.2, 0) is 20.7 Å². The molecule has 0 bridgehead atoms. The molecule has 1 atom stereocenters. The first-order valence-corrected chi connectivity index (χ1v) is 8.85. The number of nitrogens with zero attached hydrogens (tertiary/aromatic N) is 1. The Hall–Kier alpha value is -2.15. The number of amides is 2. The van der Waals surface area contributed by atoms with Crippen molar-refractivity contribution in [1.29, 1.82) is 0 Å². The Morgan fingerprint density at radius 2 is 2.00 bits per heavy atom. The summed E-state index contributed by atoms with van der Waals surface area (Å²) in [6.07, 6.45) is 1.46. The summed E-state index contributed by atoms with van der Waals surface area (Å²) in [5.74, 6) is -0.0350. The molecule has 0 radical (unpaired) electrons. The lowest BCUT2D eigenvalue weighted by Gasteiger charge is -2.36. The Morgan fingerprint density at radius 1 is 1.27 bits per heavy atom. The van der Waals surface area contributed by atoms with Gasteiger partial charge in [-0.15, -0.1) is 0 Å². The first-order valence-electron chi connectivity index (χ1n) is 8.85. The van der Waals surface area contributed by atoms with E-state index in [4.69, 9.17) is 9.47 Å². The number of alkyl halides is 1. The lowest BCUT2D eigenvalue weighted by atomic mass is 9.93. The lowest BCUT2D eigenvalue weighted by molar-refractivity contribution is -0.143. The Bertz CT molecular complexity index is 608. The van der Waals surface area contributed by atoms with E-state index in [0.717, 1.165) is 11.3 Å². The molecule has 1 saturated heterocycles. The zero-order chi connectivity index (χ0) is 19.0. The summed E-state index contributed by atoms with van der Waals surface area (Å²) in [4.78, 5) is 26.0. The summed E-state index contributed by atoms with van der Waals surface area (Å²) >= 11 is 0. The molecule has 0 aromatic heterocycles. The molecule has 1 aliphatic heterocycles. The normalized spacial score (nSPS) is 19.9. The van der Waals surface area contributed by atoms with Crippen molar-refractivity contribution >= 4 is 11.8 Å². The van der Waals surface area contributed by atoms with Crippen molar-refractivity contribution in [3.63, 3.8) is 0 Å². The number of methoxy groups -OCH3 is 2. The number of ether oxygens (including phenoxy) is 2. The third kappa shape index (κ3) is 5.42. The van der Waals surface area contributed by atoms with Gasteiger partial charge in [0.2, 0.25) is 11.6 Å². The van der Waals surface area contributed by atoms with E-state index in [1.54, 1.807) is 7.11 Å². The van der Waals surface area contributed by atoms with E-state index in [2.05, 4.69) is 5.32 Å². The fourth-order valence-electron chi connectivity index (χ4n) is 3.04. The monoisotopic (exact) mass is 366 g/mol. The maximum absolute atomic E-state index is 15.0. The Morgan fingerprint density at radius 3 is 2.65 bits per heavy atom. The molecule has 0 aliphatic carbocycles. The molecule has 6 nitrogen and oxygen atoms in total. The van der Waals surface area contributed by atoms with E-state index in [0.29, 0.717) is 26.0 Å². The van der Waals surface area contributed by atoms with Gasteiger partial charge in [0.25, 0.3) is 5.91 Å². The molecule has 2 amide bonds. The molecule has 0 saturated carbocycles. The summed E-state index contributed by atoms with van der Waals surface area (Å²) in [6.45, 7) is 0.879. The van der Waals surface area contributed by atoms with Gasteiger partial charge in [0.1, 0.15) is 5.75 Å². The maximum Gasteiger partial charge on any atom is 0.259 e. The highest BCUT2D eigenvalue weighted by Gasteiger charge is 2.43. The molecule has 7 heteroatoms. The second kappa shape index (κ2) is 9.52. The lowest BCUT2D eigenvalue weighted by Crippen LogP contribution is -2.56. The first kappa shape index (κ1) is 20.2. The van der Waals surface area contributed by atoms with Gasteiger partial charge in [0, 0.05) is 26.6 Å². The van der Waals surface area contributed by atoms with E-state index in [1.807, 2.05) is 24.3 Å². The van der Waals surface area contributed by atoms with E-state index in [9.17, 15) is 14.0 Å². The number of carbonyl (C=O) groups is 2. The Kier molecular flexibility index (Phi) is 7.38. The number of benzene rings is 1. The maximum atomic E-state index is 15.0. The average molecular weight is 366 g/mol. The van der Waals surface area contributed by atoms with Crippen molar-refractivity contribution in [3.05, 3.63) is 29.8 Å². The zero-order valence-corrected chi connectivity index (χ0v) is 15.4. The van der Waals surface area contributed by atoms with Gasteiger partial charge >= 0.3 is 0 Å². The standard InChI is InChI=1S/C19H27FN2O4/c1-25-13-11-21-18(24)19(20)10-3-12-22(14-19)17(23)9-6-15-4-7-16(26-2)8-5-15/h4-5,7-8H,3,6,9-14H2,1-2H3,(H,21,24). The molecule has 2 rings (SSSR count). The highest BCUT2D eigenvalue weighted by molar-refractivity contribution is 5.86. The summed E-state index contributed by atoms with van der Waals surface area (Å²) in [5.41, 5.74) is -1.01. The van der Waals surface area contributed by atoms with Crippen LogP contribution in [0.3, 0.4) is 0 Å². The number of likely N-dealkylation sites (tertiary alicyclic amines) is 1. The van der Waals surface area contributed by atoms with Gasteiger partial charge in [-0.25, -0.2) is 4.39 Å². The predicted octanol–water partition coefficient (Wildman–Crippen LogP) is 1.72. The van der Waals surface area contributed by atoms with Crippen LogP contribution in [0.15, 0.2) is 24.3 Å². The quantitative estimate of drug-likeness (QED) is 0.712. The highest BCUT2D eigenvalue weighted by atomic mass is 19.1. The molecule has 1 N–H and O–H groups in total. The van der Waals surface area contributed by atoms with Gasteiger partial charge in [0.15, 0.2) is 0 Å². The van der Waals surface area contributed by atoms with Crippen LogP contribution in [0.5, 0.6) is 5.75 Å². The smallest absolute Gasteiger partial charge is 0.259 e. The summed E-state index contributed by atoms with van der Waals surface area (Å²) in [5, 5.41) is 2.53. The first-order chi connectivity index (χ1) is 12.5. The van der Waals surface area contributed by atoms with Crippen LogP contribution >= 0.6 is 0 Å². The number of nitrogens with one attached hydrogen (secondary N) is 1. The van der Waals surface area contributed by atoms with Crippen LogP contribution in [0.2, 0.25) is 0 Å². The van der Waals surface area contributed by atoms with Crippen LogP contribution in [-0.4, -0.2) is 62.8 Å². The predicted molar refractivity (Wildman–Crippen MR) is 95.9 cm³/mol. The molecule has 1 aromatic rings. The van der Waals surface area contributed by atoms with E-state index in [1.165, 1.54) is 12.0 Å². The van der Waals surface area contributed by atoms with Crippen LogP contribution in [0.1, 0.15) is 24.8 Å². The van der Waals surface area contributed by atoms with Crippen molar-refractivity contribution < 1.29 is 23.5 Å². The molecule has 1 aliphatic rings. The fraction of sp³-hybridized carbons (Fsp3) is 0.579. The van der Waals surface area contributed by atoms with Crippen molar-refractivity contribution in [3.8, 4) is 5.75 Å². The molecule has 1 unspecified atom stereocenters. The average Bonchev–Trinajstić information content (AvgIpc) is 2.66. The third-order valence-corrected chi connectivity index (χ3v) is 4.58. The minimum absolute atomic E-state index is 0.132. The van der Waals surface area contributed by atoms with Gasteiger partial charge in [0.05, 0.1) is 20.3 Å². The molecule has 144 valence electrons. The third-order valence-electron chi connectivity index (χ3n) is 4.58. The van der Waals surface area contributed by atoms with Gasteiger partial charge in [-0.3, -0.25) is 9.59 Å². The minimum atomic E-state index is -2.03. The SMILES string of the molecule is COCCNC(=O)C1(F)CCCN(C(=O)CCc2ccc(OC)cc2)C1. The molecule has 0 spiro atoms.